The van der Waals surface area contributed by atoms with Crippen LogP contribution in [0.3, 0.4) is 0 Å². The summed E-state index contributed by atoms with van der Waals surface area (Å²) in [4.78, 5) is 14.7. The Morgan fingerprint density at radius 2 is 1.95 bits per heavy atom. The fourth-order valence-corrected chi connectivity index (χ4v) is 2.89. The maximum Gasteiger partial charge on any atom is 0.259 e. The summed E-state index contributed by atoms with van der Waals surface area (Å²) in [6, 6.07) is 10.1. The number of hydrogen-bond acceptors (Lipinski definition) is 2. The van der Waals surface area contributed by atoms with Crippen LogP contribution in [0.4, 0.5) is 0 Å². The van der Waals surface area contributed by atoms with Crippen molar-refractivity contribution in [3.8, 4) is 0 Å². The second-order valence-electron chi connectivity index (χ2n) is 5.26. The molecular weight excluding hydrogens is 238 g/mol. The van der Waals surface area contributed by atoms with Crippen LogP contribution in [0.1, 0.15) is 18.4 Å². The lowest BCUT2D eigenvalue weighted by Crippen LogP contribution is -2.48. The van der Waals surface area contributed by atoms with Crippen LogP contribution in [0.25, 0.3) is 0 Å². The largest absolute Gasteiger partial charge is 0.357 e. The number of amides is 1. The number of nitrogens with zero attached hydrogens (tertiary/aromatic N) is 1. The van der Waals surface area contributed by atoms with Crippen LogP contribution in [0.5, 0.6) is 0 Å². The predicted molar refractivity (Wildman–Crippen MR) is 73.8 cm³/mol. The molecule has 3 nitrogen and oxygen atoms in total. The average Bonchev–Trinajstić information content (AvgIpc) is 3.11. The molecule has 3 rings (SSSR count). The number of likely N-dealkylation sites (tertiary alicyclic amines) is 1. The van der Waals surface area contributed by atoms with E-state index < -0.39 is 5.60 Å². The lowest BCUT2D eigenvalue weighted by molar-refractivity contribution is -0.148. The van der Waals surface area contributed by atoms with Crippen molar-refractivity contribution in [2.24, 2.45) is 0 Å². The van der Waals surface area contributed by atoms with Crippen molar-refractivity contribution in [3.63, 3.8) is 0 Å². The van der Waals surface area contributed by atoms with Gasteiger partial charge in [0.2, 0.25) is 0 Å². The highest BCUT2D eigenvalue weighted by atomic mass is 16.5. The van der Waals surface area contributed by atoms with Gasteiger partial charge in [0.25, 0.3) is 5.91 Å². The SMILES string of the molecule is O=C(N1CCCC1)C1(Cc2ccccc2)C=CCO1. The quantitative estimate of drug-likeness (QED) is 0.777. The topological polar surface area (TPSA) is 29.5 Å². The summed E-state index contributed by atoms with van der Waals surface area (Å²) in [5.41, 5.74) is 0.368. The zero-order valence-electron chi connectivity index (χ0n) is 11.0. The Hall–Kier alpha value is -1.61. The van der Waals surface area contributed by atoms with Gasteiger partial charge in [-0.3, -0.25) is 4.79 Å². The highest BCUT2D eigenvalue weighted by Gasteiger charge is 2.42. The molecule has 1 aromatic carbocycles. The summed E-state index contributed by atoms with van der Waals surface area (Å²) < 4.78 is 5.82. The van der Waals surface area contributed by atoms with E-state index in [4.69, 9.17) is 4.74 Å². The van der Waals surface area contributed by atoms with E-state index in [1.807, 2.05) is 35.3 Å². The summed E-state index contributed by atoms with van der Waals surface area (Å²) in [7, 11) is 0. The third kappa shape index (κ3) is 2.43. The van der Waals surface area contributed by atoms with Crippen LogP contribution >= 0.6 is 0 Å². The number of hydrogen-bond donors (Lipinski definition) is 0. The first-order valence-electron chi connectivity index (χ1n) is 6.95. The summed E-state index contributed by atoms with van der Waals surface area (Å²) in [5, 5.41) is 0. The van der Waals surface area contributed by atoms with Crippen LogP contribution in [-0.4, -0.2) is 36.1 Å². The Morgan fingerprint density at radius 1 is 1.21 bits per heavy atom. The van der Waals surface area contributed by atoms with Crippen molar-refractivity contribution in [1.82, 2.24) is 4.90 Å². The molecule has 2 aliphatic rings. The summed E-state index contributed by atoms with van der Waals surface area (Å²) in [6.07, 6.45) is 6.74. The molecule has 19 heavy (non-hydrogen) atoms. The van der Waals surface area contributed by atoms with Crippen LogP contribution in [0, 0.1) is 0 Å². The molecule has 1 aromatic rings. The normalized spacial score (nSPS) is 26.0. The molecule has 0 aromatic heterocycles. The van der Waals surface area contributed by atoms with Crippen molar-refractivity contribution in [3.05, 3.63) is 48.0 Å². The van der Waals surface area contributed by atoms with Gasteiger partial charge >= 0.3 is 0 Å². The van der Waals surface area contributed by atoms with Crippen molar-refractivity contribution in [2.75, 3.05) is 19.7 Å². The molecule has 1 saturated heterocycles. The fraction of sp³-hybridized carbons (Fsp3) is 0.438. The molecule has 3 heteroatoms. The van der Waals surface area contributed by atoms with E-state index in [9.17, 15) is 4.79 Å². The predicted octanol–water partition coefficient (Wildman–Crippen LogP) is 2.18. The van der Waals surface area contributed by atoms with Gasteiger partial charge in [0, 0.05) is 19.5 Å². The summed E-state index contributed by atoms with van der Waals surface area (Å²) in [5.74, 6) is 0.127. The Bertz CT molecular complexity index is 477. The number of rotatable bonds is 3. The summed E-state index contributed by atoms with van der Waals surface area (Å²) in [6.45, 7) is 2.27. The Labute approximate surface area is 113 Å². The van der Waals surface area contributed by atoms with Crippen LogP contribution in [-0.2, 0) is 16.0 Å². The molecule has 0 bridgehead atoms. The van der Waals surface area contributed by atoms with Gasteiger partial charge in [0.05, 0.1) is 6.61 Å². The second-order valence-corrected chi connectivity index (χ2v) is 5.26. The van der Waals surface area contributed by atoms with Crippen molar-refractivity contribution < 1.29 is 9.53 Å². The maximum atomic E-state index is 12.7. The van der Waals surface area contributed by atoms with Crippen molar-refractivity contribution in [2.45, 2.75) is 24.9 Å². The van der Waals surface area contributed by atoms with E-state index >= 15 is 0 Å². The van der Waals surface area contributed by atoms with E-state index in [0.717, 1.165) is 31.5 Å². The van der Waals surface area contributed by atoms with Crippen molar-refractivity contribution >= 4 is 5.91 Å². The lowest BCUT2D eigenvalue weighted by atomic mass is 9.93. The van der Waals surface area contributed by atoms with Crippen molar-refractivity contribution in [1.29, 1.82) is 0 Å². The average molecular weight is 257 g/mol. The zero-order chi connectivity index (χ0) is 13.1. The van der Waals surface area contributed by atoms with Crippen LogP contribution < -0.4 is 0 Å². The first-order valence-corrected chi connectivity index (χ1v) is 6.95. The van der Waals surface area contributed by atoms with E-state index in [1.165, 1.54) is 0 Å². The molecule has 2 aliphatic heterocycles. The lowest BCUT2D eigenvalue weighted by Gasteiger charge is -2.30. The van der Waals surface area contributed by atoms with E-state index in [-0.39, 0.29) is 5.91 Å². The first-order chi connectivity index (χ1) is 9.30. The van der Waals surface area contributed by atoms with Gasteiger partial charge in [-0.15, -0.1) is 0 Å². The number of ether oxygens (including phenoxy) is 1. The summed E-state index contributed by atoms with van der Waals surface area (Å²) >= 11 is 0. The minimum absolute atomic E-state index is 0.127. The van der Waals surface area contributed by atoms with Crippen LogP contribution in [0.15, 0.2) is 42.5 Å². The van der Waals surface area contributed by atoms with E-state index in [1.54, 1.807) is 0 Å². The maximum absolute atomic E-state index is 12.7. The number of carbonyl (C=O) groups excluding carboxylic acids is 1. The molecule has 1 unspecified atom stereocenters. The molecule has 100 valence electrons. The third-order valence-electron chi connectivity index (χ3n) is 3.89. The number of benzene rings is 1. The molecule has 0 spiro atoms. The molecule has 0 saturated carbocycles. The molecule has 1 atom stereocenters. The van der Waals surface area contributed by atoms with Gasteiger partial charge in [0.1, 0.15) is 0 Å². The van der Waals surface area contributed by atoms with E-state index in [2.05, 4.69) is 12.1 Å². The van der Waals surface area contributed by atoms with Gasteiger partial charge < -0.3 is 9.64 Å². The zero-order valence-corrected chi connectivity index (χ0v) is 11.0. The minimum Gasteiger partial charge on any atom is -0.357 e. The van der Waals surface area contributed by atoms with Gasteiger partial charge in [-0.05, 0) is 24.5 Å². The van der Waals surface area contributed by atoms with Gasteiger partial charge in [-0.2, -0.15) is 0 Å². The molecular formula is C16H19NO2. The minimum atomic E-state index is -0.772. The molecule has 1 fully saturated rings. The Morgan fingerprint density at radius 3 is 2.58 bits per heavy atom. The van der Waals surface area contributed by atoms with Gasteiger partial charge in [0.15, 0.2) is 5.60 Å². The van der Waals surface area contributed by atoms with Gasteiger partial charge in [-0.1, -0.05) is 36.4 Å². The van der Waals surface area contributed by atoms with Gasteiger partial charge in [-0.25, -0.2) is 0 Å². The smallest absolute Gasteiger partial charge is 0.259 e. The fourth-order valence-electron chi connectivity index (χ4n) is 2.89. The molecule has 0 aliphatic carbocycles. The third-order valence-corrected chi connectivity index (χ3v) is 3.89. The number of carbonyl (C=O) groups is 1. The highest BCUT2D eigenvalue weighted by molar-refractivity contribution is 5.88. The Balaban J connectivity index is 1.83. The molecule has 2 heterocycles. The second kappa shape index (κ2) is 5.17. The molecule has 0 radical (unpaired) electrons. The first kappa shape index (κ1) is 12.4. The van der Waals surface area contributed by atoms with Crippen LogP contribution in [0.2, 0.25) is 0 Å². The monoisotopic (exact) mass is 257 g/mol. The van der Waals surface area contributed by atoms with E-state index in [0.29, 0.717) is 13.0 Å². The standard InChI is InChI=1S/C16H19NO2/c18-15(17-10-4-5-11-17)16(9-6-12-19-16)13-14-7-2-1-3-8-14/h1-3,6-9H,4-5,10-13H2. The molecule has 0 N–H and O–H groups in total. The highest BCUT2D eigenvalue weighted by Crippen LogP contribution is 2.28. The Kier molecular flexibility index (Phi) is 3.38. The molecule has 1 amide bonds.